The Bertz CT molecular complexity index is 154. The van der Waals surface area contributed by atoms with Gasteiger partial charge >= 0.3 is 0 Å². The molecule has 0 saturated carbocycles. The van der Waals surface area contributed by atoms with Crippen LogP contribution in [0.4, 0.5) is 0 Å². The molecular weight excluding hydrogens is 186 g/mol. The van der Waals surface area contributed by atoms with Crippen LogP contribution in [-0.2, 0) is 9.47 Å². The molecule has 78 valence electrons. The molecule has 0 atom stereocenters. The van der Waals surface area contributed by atoms with Crippen molar-refractivity contribution in [3.05, 3.63) is 0 Å². The lowest BCUT2D eigenvalue weighted by Crippen LogP contribution is -2.22. The van der Waals surface area contributed by atoms with Gasteiger partial charge in [0.15, 0.2) is 0 Å². The maximum atomic E-state index is 5.45. The van der Waals surface area contributed by atoms with Gasteiger partial charge in [-0.25, -0.2) is 0 Å². The molecule has 2 N–H and O–H groups in total. The highest BCUT2D eigenvalue weighted by Crippen LogP contribution is 2.05. The minimum absolute atomic E-state index is 0.0907. The van der Waals surface area contributed by atoms with Crippen LogP contribution in [0.25, 0.3) is 0 Å². The van der Waals surface area contributed by atoms with E-state index in [0.717, 1.165) is 0 Å². The summed E-state index contributed by atoms with van der Waals surface area (Å²) in [7, 11) is 0. The van der Waals surface area contributed by atoms with E-state index < -0.39 is 0 Å². The summed E-state index contributed by atoms with van der Waals surface area (Å²) in [5, 5.41) is 0. The molecule has 0 aromatic rings. The predicted octanol–water partition coefficient (Wildman–Crippen LogP) is 1.49. The summed E-state index contributed by atoms with van der Waals surface area (Å²) in [5.74, 6) is 0. The van der Waals surface area contributed by atoms with E-state index in [4.69, 9.17) is 27.4 Å². The molecule has 4 heteroatoms. The molecule has 0 aliphatic carbocycles. The number of hydrogen-bond acceptors (Lipinski definition) is 3. The fourth-order valence-corrected chi connectivity index (χ4v) is 0.765. The average Bonchev–Trinajstić information content (AvgIpc) is 1.93. The SMILES string of the molecule is CC(C)(C)OCCOCCC(N)=S. The molecule has 0 fully saturated rings. The Morgan fingerprint density at radius 3 is 2.31 bits per heavy atom. The van der Waals surface area contributed by atoms with Crippen LogP contribution in [0.2, 0.25) is 0 Å². The van der Waals surface area contributed by atoms with Crippen LogP contribution >= 0.6 is 12.2 Å². The van der Waals surface area contributed by atoms with E-state index in [-0.39, 0.29) is 5.60 Å². The van der Waals surface area contributed by atoms with Gasteiger partial charge in [0.25, 0.3) is 0 Å². The van der Waals surface area contributed by atoms with Crippen molar-refractivity contribution in [1.29, 1.82) is 0 Å². The zero-order chi connectivity index (χ0) is 10.3. The summed E-state index contributed by atoms with van der Waals surface area (Å²) in [6.45, 7) is 7.84. The molecule has 0 heterocycles. The molecule has 0 radical (unpaired) electrons. The van der Waals surface area contributed by atoms with Crippen molar-refractivity contribution in [3.8, 4) is 0 Å². The quantitative estimate of drug-likeness (QED) is 0.527. The van der Waals surface area contributed by atoms with E-state index in [1.54, 1.807) is 0 Å². The van der Waals surface area contributed by atoms with Crippen molar-refractivity contribution in [2.45, 2.75) is 32.8 Å². The smallest absolute Gasteiger partial charge is 0.0750 e. The summed E-state index contributed by atoms with van der Waals surface area (Å²) in [6, 6.07) is 0. The molecule has 0 amide bonds. The second-order valence-electron chi connectivity index (χ2n) is 3.79. The van der Waals surface area contributed by atoms with E-state index in [2.05, 4.69) is 0 Å². The van der Waals surface area contributed by atoms with Gasteiger partial charge < -0.3 is 15.2 Å². The van der Waals surface area contributed by atoms with E-state index in [0.29, 0.717) is 31.2 Å². The third-order valence-electron chi connectivity index (χ3n) is 1.26. The summed E-state index contributed by atoms with van der Waals surface area (Å²) >= 11 is 4.70. The summed E-state index contributed by atoms with van der Waals surface area (Å²) < 4.78 is 10.7. The Morgan fingerprint density at radius 2 is 1.85 bits per heavy atom. The van der Waals surface area contributed by atoms with Crippen molar-refractivity contribution in [1.82, 2.24) is 0 Å². The maximum Gasteiger partial charge on any atom is 0.0750 e. The second kappa shape index (κ2) is 6.29. The Morgan fingerprint density at radius 1 is 1.23 bits per heavy atom. The van der Waals surface area contributed by atoms with Crippen LogP contribution in [0.15, 0.2) is 0 Å². The molecule has 0 aliphatic rings. The van der Waals surface area contributed by atoms with Crippen molar-refractivity contribution >= 4 is 17.2 Å². The fourth-order valence-electron chi connectivity index (χ4n) is 0.682. The van der Waals surface area contributed by atoms with E-state index in [1.807, 2.05) is 20.8 Å². The lowest BCUT2D eigenvalue weighted by atomic mass is 10.2. The number of rotatable bonds is 6. The van der Waals surface area contributed by atoms with Crippen molar-refractivity contribution in [2.75, 3.05) is 19.8 Å². The summed E-state index contributed by atoms with van der Waals surface area (Å²) in [5.41, 5.74) is 5.21. The van der Waals surface area contributed by atoms with Crippen LogP contribution in [0.3, 0.4) is 0 Å². The Balaban J connectivity index is 3.13. The monoisotopic (exact) mass is 205 g/mol. The van der Waals surface area contributed by atoms with Gasteiger partial charge in [-0.15, -0.1) is 0 Å². The number of ether oxygens (including phenoxy) is 2. The zero-order valence-electron chi connectivity index (χ0n) is 8.63. The first-order chi connectivity index (χ1) is 5.92. The largest absolute Gasteiger partial charge is 0.393 e. The number of hydrogen-bond donors (Lipinski definition) is 1. The maximum absolute atomic E-state index is 5.45. The molecule has 13 heavy (non-hydrogen) atoms. The summed E-state index contributed by atoms with van der Waals surface area (Å²) in [4.78, 5) is 0.497. The van der Waals surface area contributed by atoms with Gasteiger partial charge in [-0.1, -0.05) is 12.2 Å². The highest BCUT2D eigenvalue weighted by atomic mass is 32.1. The fraction of sp³-hybridized carbons (Fsp3) is 0.889. The molecule has 0 spiro atoms. The predicted molar refractivity (Wildman–Crippen MR) is 57.9 cm³/mol. The third kappa shape index (κ3) is 11.8. The Hall–Kier alpha value is -0.190. The minimum Gasteiger partial charge on any atom is -0.393 e. The molecule has 0 aromatic carbocycles. The van der Waals surface area contributed by atoms with Gasteiger partial charge in [-0.05, 0) is 20.8 Å². The molecule has 3 nitrogen and oxygen atoms in total. The van der Waals surface area contributed by atoms with Crippen LogP contribution < -0.4 is 5.73 Å². The van der Waals surface area contributed by atoms with Gasteiger partial charge in [-0.3, -0.25) is 0 Å². The van der Waals surface area contributed by atoms with Gasteiger partial charge in [0, 0.05) is 6.42 Å². The summed E-state index contributed by atoms with van der Waals surface area (Å²) in [6.07, 6.45) is 0.644. The highest BCUT2D eigenvalue weighted by Gasteiger charge is 2.08. The van der Waals surface area contributed by atoms with Crippen LogP contribution in [0.5, 0.6) is 0 Å². The lowest BCUT2D eigenvalue weighted by Gasteiger charge is -2.19. The second-order valence-corrected chi connectivity index (χ2v) is 4.31. The molecule has 0 aliphatic heterocycles. The van der Waals surface area contributed by atoms with Gasteiger partial charge in [-0.2, -0.15) is 0 Å². The lowest BCUT2D eigenvalue weighted by molar-refractivity contribution is -0.0339. The van der Waals surface area contributed by atoms with Crippen molar-refractivity contribution < 1.29 is 9.47 Å². The average molecular weight is 205 g/mol. The first kappa shape index (κ1) is 12.8. The Labute approximate surface area is 85.6 Å². The van der Waals surface area contributed by atoms with Crippen molar-refractivity contribution in [2.24, 2.45) is 5.73 Å². The number of nitrogens with two attached hydrogens (primary N) is 1. The van der Waals surface area contributed by atoms with E-state index >= 15 is 0 Å². The standard InChI is InChI=1S/C9H19NO2S/c1-9(2,3)12-7-6-11-5-4-8(10)13/h4-7H2,1-3H3,(H2,10,13). The molecule has 0 rings (SSSR count). The highest BCUT2D eigenvalue weighted by molar-refractivity contribution is 7.80. The zero-order valence-corrected chi connectivity index (χ0v) is 9.45. The molecule has 0 bridgehead atoms. The van der Waals surface area contributed by atoms with Crippen molar-refractivity contribution in [3.63, 3.8) is 0 Å². The topological polar surface area (TPSA) is 44.5 Å². The minimum atomic E-state index is -0.0907. The van der Waals surface area contributed by atoms with Crippen LogP contribution in [0.1, 0.15) is 27.2 Å². The van der Waals surface area contributed by atoms with Gasteiger partial charge in [0.1, 0.15) is 0 Å². The molecule has 0 saturated heterocycles. The first-order valence-electron chi connectivity index (χ1n) is 4.42. The van der Waals surface area contributed by atoms with Gasteiger partial charge in [0.05, 0.1) is 30.4 Å². The van der Waals surface area contributed by atoms with E-state index in [9.17, 15) is 0 Å². The van der Waals surface area contributed by atoms with E-state index in [1.165, 1.54) is 0 Å². The normalized spacial score (nSPS) is 11.6. The molecular formula is C9H19NO2S. The number of thiocarbonyl (C=S) groups is 1. The van der Waals surface area contributed by atoms with Crippen LogP contribution in [0, 0.1) is 0 Å². The van der Waals surface area contributed by atoms with Crippen LogP contribution in [-0.4, -0.2) is 30.4 Å². The molecule has 0 aromatic heterocycles. The Kier molecular flexibility index (Phi) is 6.20. The van der Waals surface area contributed by atoms with Gasteiger partial charge in [0.2, 0.25) is 0 Å². The molecule has 0 unspecified atom stereocenters. The third-order valence-corrected chi connectivity index (χ3v) is 1.46. The first-order valence-corrected chi connectivity index (χ1v) is 4.82.